The topological polar surface area (TPSA) is 18.5 Å². The third kappa shape index (κ3) is 10.4. The number of rotatable bonds is 10. The molecule has 0 spiro atoms. The Bertz CT molecular complexity index is 692. The molecule has 0 aromatic heterocycles. The summed E-state index contributed by atoms with van der Waals surface area (Å²) < 4.78 is 11.3. The van der Waals surface area contributed by atoms with E-state index in [1.165, 1.54) is 9.79 Å². The van der Waals surface area contributed by atoms with Crippen molar-refractivity contribution in [1.29, 1.82) is 0 Å². The molecular weight excluding hydrogens is 462 g/mol. The highest BCUT2D eigenvalue weighted by Crippen LogP contribution is 2.63. The van der Waals surface area contributed by atoms with E-state index in [0.717, 1.165) is 12.3 Å². The van der Waals surface area contributed by atoms with Crippen LogP contribution in [-0.4, -0.2) is 25.5 Å². The van der Waals surface area contributed by atoms with Gasteiger partial charge in [-0.15, -0.1) is 0 Å². The van der Waals surface area contributed by atoms with Gasteiger partial charge >= 0.3 is 0 Å². The van der Waals surface area contributed by atoms with E-state index < -0.39 is 10.9 Å². The van der Waals surface area contributed by atoms with Crippen molar-refractivity contribution in [1.82, 2.24) is 0 Å². The average molecular weight is 493 g/mol. The van der Waals surface area contributed by atoms with E-state index in [9.17, 15) is 0 Å². The van der Waals surface area contributed by atoms with E-state index in [2.05, 4.69) is 38.1 Å². The fourth-order valence-corrected chi connectivity index (χ4v) is 11.3. The number of benzene rings is 2. The molecule has 2 atom stereocenters. The molecule has 8 heteroatoms. The Hall–Kier alpha value is 0.360. The Balaban J connectivity index is 0.000000280. The van der Waals surface area contributed by atoms with Crippen molar-refractivity contribution in [3.8, 4) is 0 Å². The molecule has 0 N–H and O–H groups in total. The van der Waals surface area contributed by atoms with Gasteiger partial charge in [0.15, 0.2) is 0 Å². The minimum atomic E-state index is -1.67. The predicted molar refractivity (Wildman–Crippen MR) is 138 cm³/mol. The van der Waals surface area contributed by atoms with Crippen LogP contribution in [0.4, 0.5) is 0 Å². The van der Waals surface area contributed by atoms with Gasteiger partial charge < -0.3 is 9.05 Å². The highest BCUT2D eigenvalue weighted by molar-refractivity contribution is 8.69. The number of hydrogen-bond acceptors (Lipinski definition) is 6. The largest absolute Gasteiger partial charge is 0.341 e. The van der Waals surface area contributed by atoms with E-state index in [0.29, 0.717) is 13.2 Å². The molecule has 2 unspecified atom stereocenters. The fraction of sp³-hybridized carbons (Fsp3) is 0.400. The molecule has 156 valence electrons. The Morgan fingerprint density at radius 3 is 1.21 bits per heavy atom. The second-order valence-electron chi connectivity index (χ2n) is 5.50. The Morgan fingerprint density at radius 1 is 0.643 bits per heavy atom. The molecule has 0 heterocycles. The summed E-state index contributed by atoms with van der Waals surface area (Å²) in [5.74, 6) is 0. The molecule has 2 aromatic rings. The summed E-state index contributed by atoms with van der Waals surface area (Å²) in [6.45, 7) is 9.64. The van der Waals surface area contributed by atoms with Gasteiger partial charge in [0, 0.05) is 35.3 Å². The van der Waals surface area contributed by atoms with E-state index in [1.54, 1.807) is 22.8 Å². The van der Waals surface area contributed by atoms with Crippen molar-refractivity contribution in [2.24, 2.45) is 0 Å². The monoisotopic (exact) mass is 492 g/mol. The first-order chi connectivity index (χ1) is 13.4. The molecule has 0 aliphatic rings. The maximum atomic E-state index is 5.67. The van der Waals surface area contributed by atoms with Crippen molar-refractivity contribution in [3.05, 3.63) is 60.7 Å². The van der Waals surface area contributed by atoms with Gasteiger partial charge in [0.05, 0.1) is 0 Å². The smallest absolute Gasteiger partial charge is 0.123 e. The van der Waals surface area contributed by atoms with Crippen LogP contribution in [0.5, 0.6) is 0 Å². The van der Waals surface area contributed by atoms with E-state index in [-0.39, 0.29) is 0 Å². The first kappa shape index (κ1) is 26.4. The van der Waals surface area contributed by atoms with Crippen LogP contribution in [0.3, 0.4) is 0 Å². The molecule has 2 nitrogen and oxygen atoms in total. The van der Waals surface area contributed by atoms with Gasteiger partial charge in [-0.2, -0.15) is 0 Å². The summed E-state index contributed by atoms with van der Waals surface area (Å²) in [6, 6.07) is 20.5. The van der Waals surface area contributed by atoms with Gasteiger partial charge in [-0.1, -0.05) is 96.6 Å². The fourth-order valence-electron chi connectivity index (χ4n) is 2.04. The third-order valence-corrected chi connectivity index (χ3v) is 16.4. The van der Waals surface area contributed by atoms with Gasteiger partial charge in [-0.25, -0.2) is 0 Å². The Kier molecular flexibility index (Phi) is 13.6. The molecule has 0 saturated carbocycles. The third-order valence-electron chi connectivity index (χ3n) is 3.40. The molecule has 0 saturated heterocycles. The highest BCUT2D eigenvalue weighted by Gasteiger charge is 2.16. The molecule has 2 aromatic carbocycles. The van der Waals surface area contributed by atoms with E-state index in [4.69, 9.17) is 32.7 Å². The van der Waals surface area contributed by atoms with Crippen LogP contribution in [-0.2, 0) is 32.7 Å². The highest BCUT2D eigenvalue weighted by atomic mass is 32.9. The van der Waals surface area contributed by atoms with Crippen LogP contribution in [0.25, 0.3) is 0 Å². The maximum absolute atomic E-state index is 5.67. The summed E-state index contributed by atoms with van der Waals surface area (Å²) in [5.41, 5.74) is -3.34. The van der Waals surface area contributed by atoms with Crippen LogP contribution >= 0.6 is 33.7 Å². The van der Waals surface area contributed by atoms with Crippen molar-refractivity contribution >= 4 is 57.3 Å². The SMILES string of the molecule is CCOP(=S)(CC)Sc1ccccc1.CCOP(=S)(CC)Sc1ccccc1. The minimum absolute atomic E-state index is 0.713. The molecule has 0 aliphatic carbocycles. The zero-order valence-electron chi connectivity index (χ0n) is 16.9. The van der Waals surface area contributed by atoms with Gasteiger partial charge in [0.2, 0.25) is 0 Å². The average Bonchev–Trinajstić information content (AvgIpc) is 2.70. The van der Waals surface area contributed by atoms with E-state index in [1.807, 2.05) is 50.2 Å². The van der Waals surface area contributed by atoms with Crippen molar-refractivity contribution in [3.63, 3.8) is 0 Å². The minimum Gasteiger partial charge on any atom is -0.341 e. The molecule has 0 aliphatic heterocycles. The molecule has 2 rings (SSSR count). The van der Waals surface area contributed by atoms with Gasteiger partial charge in [0.1, 0.15) is 10.9 Å². The lowest BCUT2D eigenvalue weighted by Crippen LogP contribution is -1.88. The van der Waals surface area contributed by atoms with Crippen molar-refractivity contribution in [2.45, 2.75) is 37.5 Å². The molecule has 0 amide bonds. The van der Waals surface area contributed by atoms with Crippen LogP contribution in [0.2, 0.25) is 0 Å². The summed E-state index contributed by atoms with van der Waals surface area (Å²) in [5, 5.41) is 0. The van der Waals surface area contributed by atoms with Gasteiger partial charge in [-0.05, 0) is 38.1 Å². The second-order valence-corrected chi connectivity index (χ2v) is 20.6. The summed E-state index contributed by atoms with van der Waals surface area (Å²) in [4.78, 5) is 2.43. The molecule has 0 radical (unpaired) electrons. The van der Waals surface area contributed by atoms with Crippen LogP contribution in [0.15, 0.2) is 70.5 Å². The first-order valence-electron chi connectivity index (χ1n) is 9.36. The van der Waals surface area contributed by atoms with Crippen LogP contribution < -0.4 is 0 Å². The quantitative estimate of drug-likeness (QED) is 0.308. The number of hydrogen-bond donors (Lipinski definition) is 0. The van der Waals surface area contributed by atoms with Gasteiger partial charge in [-0.3, -0.25) is 0 Å². The van der Waals surface area contributed by atoms with E-state index >= 15 is 0 Å². The lowest BCUT2D eigenvalue weighted by molar-refractivity contribution is 0.385. The molecular formula is C20H30O2P2S4. The molecule has 0 bridgehead atoms. The molecule has 0 fully saturated rings. The predicted octanol–water partition coefficient (Wildman–Crippen LogP) is 8.29. The summed E-state index contributed by atoms with van der Waals surface area (Å²) in [7, 11) is 0. The van der Waals surface area contributed by atoms with Gasteiger partial charge in [0.25, 0.3) is 0 Å². The van der Waals surface area contributed by atoms with Crippen LogP contribution in [0.1, 0.15) is 27.7 Å². The zero-order chi connectivity index (χ0) is 20.9. The van der Waals surface area contributed by atoms with Crippen molar-refractivity contribution < 1.29 is 9.05 Å². The van der Waals surface area contributed by atoms with Crippen LogP contribution in [0, 0.1) is 0 Å². The maximum Gasteiger partial charge on any atom is 0.123 e. The normalized spacial score (nSPS) is 15.0. The second kappa shape index (κ2) is 14.4. The first-order valence-corrected chi connectivity index (χ1v) is 18.0. The standard InChI is InChI=1S/2C10H15OPS2/c2*1-3-11-12(13,4-2)14-10-8-6-5-7-9-10/h2*5-9H,3-4H2,1-2H3. The Labute approximate surface area is 189 Å². The summed E-state index contributed by atoms with van der Waals surface area (Å²) >= 11 is 14.5. The van der Waals surface area contributed by atoms with Crippen molar-refractivity contribution in [2.75, 3.05) is 25.5 Å². The summed E-state index contributed by atoms with van der Waals surface area (Å²) in [6.07, 6.45) is 1.88. The lowest BCUT2D eigenvalue weighted by atomic mass is 10.4. The lowest BCUT2D eigenvalue weighted by Gasteiger charge is -2.18. The zero-order valence-corrected chi connectivity index (χ0v) is 22.0. The Morgan fingerprint density at radius 2 is 0.964 bits per heavy atom. The molecule has 28 heavy (non-hydrogen) atoms.